The molecule has 0 aromatic heterocycles. The van der Waals surface area contributed by atoms with Crippen LogP contribution in [0.4, 0.5) is 0 Å². The van der Waals surface area contributed by atoms with Crippen molar-refractivity contribution >= 4 is 11.6 Å². The van der Waals surface area contributed by atoms with Crippen molar-refractivity contribution in [3.63, 3.8) is 0 Å². The molecule has 18 heavy (non-hydrogen) atoms. The summed E-state index contributed by atoms with van der Waals surface area (Å²) in [5, 5.41) is 0. The van der Waals surface area contributed by atoms with Crippen LogP contribution in [-0.2, 0) is 5.88 Å². The smallest absolute Gasteiger partial charge is 0.161 e. The van der Waals surface area contributed by atoms with Crippen LogP contribution in [0, 0.1) is 5.92 Å². The molecule has 1 aliphatic carbocycles. The number of alkyl halides is 1. The predicted molar refractivity (Wildman–Crippen MR) is 74.6 cm³/mol. The summed E-state index contributed by atoms with van der Waals surface area (Å²) in [5.74, 6) is 2.88. The highest BCUT2D eigenvalue weighted by Gasteiger charge is 2.16. The number of rotatable bonds is 6. The Kier molecular flexibility index (Phi) is 5.18. The third-order valence-corrected chi connectivity index (χ3v) is 3.72. The molecule has 0 bridgehead atoms. The molecule has 0 unspecified atom stereocenters. The van der Waals surface area contributed by atoms with Gasteiger partial charge in [-0.3, -0.25) is 0 Å². The first-order chi connectivity index (χ1) is 8.83. The summed E-state index contributed by atoms with van der Waals surface area (Å²) in [4.78, 5) is 0. The number of benzene rings is 1. The molecule has 1 aliphatic rings. The van der Waals surface area contributed by atoms with E-state index in [0.29, 0.717) is 18.4 Å². The maximum Gasteiger partial charge on any atom is 0.161 e. The van der Waals surface area contributed by atoms with Crippen LogP contribution < -0.4 is 9.47 Å². The number of hydrogen-bond acceptors (Lipinski definition) is 2. The van der Waals surface area contributed by atoms with Gasteiger partial charge in [-0.1, -0.05) is 18.9 Å². The lowest BCUT2D eigenvalue weighted by Crippen LogP contribution is -2.09. The predicted octanol–water partition coefficient (Wildman–Crippen LogP) is 4.39. The number of hydrogen-bond donors (Lipinski definition) is 0. The maximum absolute atomic E-state index is 5.91. The Morgan fingerprint density at radius 3 is 2.61 bits per heavy atom. The number of halogens is 1. The molecule has 1 saturated carbocycles. The van der Waals surface area contributed by atoms with E-state index in [-0.39, 0.29) is 0 Å². The Hall–Kier alpha value is -0.890. The monoisotopic (exact) mass is 268 g/mol. The summed E-state index contributed by atoms with van der Waals surface area (Å²) < 4.78 is 11.5. The molecule has 0 aliphatic heterocycles. The Labute approximate surface area is 114 Å². The molecule has 0 atom stereocenters. The van der Waals surface area contributed by atoms with Gasteiger partial charge < -0.3 is 9.47 Å². The van der Waals surface area contributed by atoms with Crippen LogP contribution in [0.15, 0.2) is 18.2 Å². The molecule has 0 saturated heterocycles. The summed E-state index contributed by atoms with van der Waals surface area (Å²) in [5.41, 5.74) is 1.06. The standard InChI is InChI=1S/C15H21ClO2/c1-2-17-15-9-13(10-16)7-8-14(15)18-11-12-5-3-4-6-12/h7-9,12H,2-6,10-11H2,1H3. The van der Waals surface area contributed by atoms with Gasteiger partial charge >= 0.3 is 0 Å². The fraction of sp³-hybridized carbons (Fsp3) is 0.600. The van der Waals surface area contributed by atoms with Gasteiger partial charge in [0.1, 0.15) is 0 Å². The molecule has 2 rings (SSSR count). The second kappa shape index (κ2) is 6.89. The van der Waals surface area contributed by atoms with Crippen molar-refractivity contribution in [1.82, 2.24) is 0 Å². The van der Waals surface area contributed by atoms with Gasteiger partial charge in [-0.05, 0) is 43.4 Å². The van der Waals surface area contributed by atoms with Crippen LogP contribution >= 0.6 is 11.6 Å². The van der Waals surface area contributed by atoms with Gasteiger partial charge in [0.25, 0.3) is 0 Å². The van der Waals surface area contributed by atoms with E-state index in [9.17, 15) is 0 Å². The molecule has 1 aromatic rings. The van der Waals surface area contributed by atoms with E-state index >= 15 is 0 Å². The van der Waals surface area contributed by atoms with Crippen molar-refractivity contribution in [3.8, 4) is 11.5 Å². The van der Waals surface area contributed by atoms with Gasteiger partial charge in [0, 0.05) is 5.88 Å². The molecule has 0 N–H and O–H groups in total. The van der Waals surface area contributed by atoms with Crippen molar-refractivity contribution in [2.45, 2.75) is 38.5 Å². The summed E-state index contributed by atoms with van der Waals surface area (Å²) in [6.45, 7) is 3.43. The fourth-order valence-electron chi connectivity index (χ4n) is 2.41. The van der Waals surface area contributed by atoms with Crippen molar-refractivity contribution < 1.29 is 9.47 Å². The zero-order valence-electron chi connectivity index (χ0n) is 11.0. The van der Waals surface area contributed by atoms with Gasteiger partial charge in [-0.25, -0.2) is 0 Å². The van der Waals surface area contributed by atoms with Gasteiger partial charge in [-0.2, -0.15) is 0 Å². The van der Waals surface area contributed by atoms with E-state index in [1.165, 1.54) is 25.7 Å². The highest BCUT2D eigenvalue weighted by Crippen LogP contribution is 2.31. The van der Waals surface area contributed by atoms with Crippen LogP contribution in [-0.4, -0.2) is 13.2 Å². The highest BCUT2D eigenvalue weighted by molar-refractivity contribution is 6.17. The van der Waals surface area contributed by atoms with E-state index in [4.69, 9.17) is 21.1 Å². The average molecular weight is 269 g/mol. The van der Waals surface area contributed by atoms with Crippen LogP contribution in [0.2, 0.25) is 0 Å². The Bertz CT molecular complexity index is 373. The summed E-state index contributed by atoms with van der Waals surface area (Å²) in [6.07, 6.45) is 5.28. The van der Waals surface area contributed by atoms with Gasteiger partial charge in [-0.15, -0.1) is 11.6 Å². The van der Waals surface area contributed by atoms with Crippen LogP contribution in [0.3, 0.4) is 0 Å². The first kappa shape index (κ1) is 13.5. The third kappa shape index (κ3) is 3.55. The van der Waals surface area contributed by atoms with Crippen molar-refractivity contribution in [2.75, 3.05) is 13.2 Å². The van der Waals surface area contributed by atoms with Crippen LogP contribution in [0.1, 0.15) is 38.2 Å². The molecule has 3 heteroatoms. The van der Waals surface area contributed by atoms with Crippen molar-refractivity contribution in [3.05, 3.63) is 23.8 Å². The Morgan fingerprint density at radius 1 is 1.17 bits per heavy atom. The van der Waals surface area contributed by atoms with Crippen molar-refractivity contribution in [1.29, 1.82) is 0 Å². The lowest BCUT2D eigenvalue weighted by molar-refractivity contribution is 0.234. The second-order valence-corrected chi connectivity index (χ2v) is 5.08. The minimum absolute atomic E-state index is 0.503. The van der Waals surface area contributed by atoms with E-state index in [0.717, 1.165) is 23.7 Å². The average Bonchev–Trinajstić information content (AvgIpc) is 2.90. The molecule has 2 nitrogen and oxygen atoms in total. The second-order valence-electron chi connectivity index (χ2n) is 4.81. The van der Waals surface area contributed by atoms with Gasteiger partial charge in [0.15, 0.2) is 11.5 Å². The lowest BCUT2D eigenvalue weighted by Gasteiger charge is -2.15. The zero-order chi connectivity index (χ0) is 12.8. The molecular formula is C15H21ClO2. The van der Waals surface area contributed by atoms with Crippen LogP contribution in [0.5, 0.6) is 11.5 Å². The minimum atomic E-state index is 0.503. The Balaban J connectivity index is 2.00. The van der Waals surface area contributed by atoms with Crippen molar-refractivity contribution in [2.24, 2.45) is 5.92 Å². The minimum Gasteiger partial charge on any atom is -0.490 e. The molecule has 0 amide bonds. The molecule has 0 heterocycles. The molecular weight excluding hydrogens is 248 g/mol. The SMILES string of the molecule is CCOc1cc(CCl)ccc1OCC1CCCC1. The molecule has 0 radical (unpaired) electrons. The van der Waals surface area contributed by atoms with E-state index in [2.05, 4.69) is 0 Å². The largest absolute Gasteiger partial charge is 0.490 e. The molecule has 1 fully saturated rings. The maximum atomic E-state index is 5.91. The third-order valence-electron chi connectivity index (χ3n) is 3.41. The van der Waals surface area contributed by atoms with E-state index < -0.39 is 0 Å². The van der Waals surface area contributed by atoms with Gasteiger partial charge in [0.05, 0.1) is 13.2 Å². The number of ether oxygens (including phenoxy) is 2. The summed E-state index contributed by atoms with van der Waals surface area (Å²) in [6, 6.07) is 5.94. The lowest BCUT2D eigenvalue weighted by atomic mass is 10.1. The fourth-order valence-corrected chi connectivity index (χ4v) is 2.57. The first-order valence-corrected chi connectivity index (χ1v) is 7.31. The molecule has 1 aromatic carbocycles. The van der Waals surface area contributed by atoms with E-state index in [1.54, 1.807) is 0 Å². The van der Waals surface area contributed by atoms with Crippen LogP contribution in [0.25, 0.3) is 0 Å². The molecule has 100 valence electrons. The topological polar surface area (TPSA) is 18.5 Å². The first-order valence-electron chi connectivity index (χ1n) is 6.78. The van der Waals surface area contributed by atoms with E-state index in [1.807, 2.05) is 25.1 Å². The van der Waals surface area contributed by atoms with Gasteiger partial charge in [0.2, 0.25) is 0 Å². The Morgan fingerprint density at radius 2 is 1.94 bits per heavy atom. The zero-order valence-corrected chi connectivity index (χ0v) is 11.7. The summed E-state index contributed by atoms with van der Waals surface area (Å²) in [7, 11) is 0. The highest BCUT2D eigenvalue weighted by atomic mass is 35.5. The normalized spacial score (nSPS) is 15.9. The quantitative estimate of drug-likeness (QED) is 0.712. The molecule has 0 spiro atoms. The summed E-state index contributed by atoms with van der Waals surface area (Å²) >= 11 is 5.84.